The predicted molar refractivity (Wildman–Crippen MR) is 104 cm³/mol. The van der Waals surface area contributed by atoms with Crippen LogP contribution in [0.5, 0.6) is 0 Å². The summed E-state index contributed by atoms with van der Waals surface area (Å²) in [6.07, 6.45) is 3.45. The Labute approximate surface area is 153 Å². The maximum absolute atomic E-state index is 12.4. The Hall–Kier alpha value is -3.12. The van der Waals surface area contributed by atoms with Gasteiger partial charge in [0.05, 0.1) is 5.56 Å². The van der Waals surface area contributed by atoms with Crippen molar-refractivity contribution < 1.29 is 4.79 Å². The minimum atomic E-state index is -0.225. The van der Waals surface area contributed by atoms with E-state index in [0.29, 0.717) is 12.1 Å². The number of amides is 1. The lowest BCUT2D eigenvalue weighted by Crippen LogP contribution is -2.29. The van der Waals surface area contributed by atoms with Crippen molar-refractivity contribution in [2.75, 3.05) is 6.54 Å². The molecule has 0 aliphatic heterocycles. The highest BCUT2D eigenvalue weighted by Crippen LogP contribution is 2.32. The van der Waals surface area contributed by atoms with Gasteiger partial charge < -0.3 is 15.3 Å². The number of hydrogen-bond acceptors (Lipinski definition) is 3. The van der Waals surface area contributed by atoms with Crippen LogP contribution in [0.1, 0.15) is 26.7 Å². The van der Waals surface area contributed by atoms with Gasteiger partial charge >= 0.3 is 0 Å². The highest BCUT2D eigenvalue weighted by molar-refractivity contribution is 7.10. The summed E-state index contributed by atoms with van der Waals surface area (Å²) in [4.78, 5) is 30.6. The molecule has 3 aromatic heterocycles. The van der Waals surface area contributed by atoms with Crippen molar-refractivity contribution in [2.45, 2.75) is 5.92 Å². The van der Waals surface area contributed by atoms with E-state index in [2.05, 4.69) is 27.4 Å². The van der Waals surface area contributed by atoms with Gasteiger partial charge in [0.1, 0.15) is 0 Å². The third-order valence-corrected chi connectivity index (χ3v) is 5.38. The first kappa shape index (κ1) is 16.4. The van der Waals surface area contributed by atoms with E-state index < -0.39 is 0 Å². The molecule has 0 saturated heterocycles. The van der Waals surface area contributed by atoms with Crippen LogP contribution in [0.4, 0.5) is 0 Å². The third-order valence-electron chi connectivity index (χ3n) is 4.40. The second-order valence-corrected chi connectivity index (χ2v) is 6.99. The Balaban J connectivity index is 1.61. The first-order chi connectivity index (χ1) is 12.7. The summed E-state index contributed by atoms with van der Waals surface area (Å²) in [5.41, 5.74) is 2.45. The quantitative estimate of drug-likeness (QED) is 0.508. The molecule has 0 fully saturated rings. The molecule has 26 heavy (non-hydrogen) atoms. The number of benzene rings is 1. The average Bonchev–Trinajstić information content (AvgIpc) is 3.33. The number of hydrogen-bond donors (Lipinski definition) is 3. The maximum atomic E-state index is 12.4. The molecule has 0 aliphatic rings. The zero-order valence-electron chi connectivity index (χ0n) is 13.9. The minimum Gasteiger partial charge on any atom is -0.361 e. The molecule has 4 aromatic rings. The van der Waals surface area contributed by atoms with Gasteiger partial charge in [0.25, 0.3) is 5.91 Å². The molecule has 0 saturated carbocycles. The lowest BCUT2D eigenvalue weighted by Gasteiger charge is -2.16. The first-order valence-electron chi connectivity index (χ1n) is 8.29. The largest absolute Gasteiger partial charge is 0.361 e. The van der Waals surface area contributed by atoms with Crippen molar-refractivity contribution in [1.29, 1.82) is 0 Å². The van der Waals surface area contributed by atoms with Crippen LogP contribution in [0.2, 0.25) is 0 Å². The number of para-hydroxylation sites is 1. The molecular weight excluding hydrogens is 346 g/mol. The van der Waals surface area contributed by atoms with Crippen molar-refractivity contribution in [3.63, 3.8) is 0 Å². The number of carbonyl (C=O) groups excluding carboxylic acids is 1. The summed E-state index contributed by atoms with van der Waals surface area (Å²) in [6.45, 7) is 0.473. The Kier molecular flexibility index (Phi) is 4.41. The van der Waals surface area contributed by atoms with Crippen molar-refractivity contribution in [1.82, 2.24) is 15.3 Å². The third kappa shape index (κ3) is 3.19. The topological polar surface area (TPSA) is 77.8 Å². The second-order valence-electron chi connectivity index (χ2n) is 6.01. The van der Waals surface area contributed by atoms with E-state index in [0.717, 1.165) is 16.5 Å². The predicted octanol–water partition coefficient (Wildman–Crippen LogP) is 3.48. The number of thiophene rings is 1. The Bertz CT molecular complexity index is 1080. The second kappa shape index (κ2) is 7.01. The lowest BCUT2D eigenvalue weighted by atomic mass is 9.96. The van der Waals surface area contributed by atoms with Gasteiger partial charge in [0.2, 0.25) is 5.56 Å². The highest BCUT2D eigenvalue weighted by atomic mass is 32.1. The molecule has 1 aromatic carbocycles. The van der Waals surface area contributed by atoms with E-state index >= 15 is 0 Å². The zero-order chi connectivity index (χ0) is 17.9. The highest BCUT2D eigenvalue weighted by Gasteiger charge is 2.20. The van der Waals surface area contributed by atoms with Gasteiger partial charge in [-0.05, 0) is 29.1 Å². The monoisotopic (exact) mass is 363 g/mol. The van der Waals surface area contributed by atoms with E-state index in [9.17, 15) is 9.59 Å². The molecule has 1 atom stereocenters. The molecule has 0 aliphatic carbocycles. The average molecular weight is 363 g/mol. The van der Waals surface area contributed by atoms with Gasteiger partial charge in [-0.25, -0.2) is 0 Å². The van der Waals surface area contributed by atoms with Crippen molar-refractivity contribution >= 4 is 28.1 Å². The van der Waals surface area contributed by atoms with Gasteiger partial charge in [-0.15, -0.1) is 11.3 Å². The van der Waals surface area contributed by atoms with Crippen LogP contribution >= 0.6 is 11.3 Å². The van der Waals surface area contributed by atoms with Crippen LogP contribution in [0, 0.1) is 0 Å². The number of nitrogens with one attached hydrogen (secondary N) is 3. The molecule has 6 heteroatoms. The van der Waals surface area contributed by atoms with E-state index in [1.54, 1.807) is 11.3 Å². The summed E-state index contributed by atoms with van der Waals surface area (Å²) < 4.78 is 0. The normalized spacial score (nSPS) is 12.2. The standard InChI is InChI=1S/C20H17N3O2S/c24-19-8-7-13(10-22-19)20(25)23-12-16(18-6-3-9-26-18)15-11-21-17-5-2-1-4-14(15)17/h1-11,16,21H,12H2,(H,22,24)(H,23,25)/t16-/m0/s1. The molecule has 3 heterocycles. The van der Waals surface area contributed by atoms with E-state index in [-0.39, 0.29) is 17.4 Å². The summed E-state index contributed by atoms with van der Waals surface area (Å²) >= 11 is 1.67. The van der Waals surface area contributed by atoms with Crippen LogP contribution in [0.15, 0.2) is 71.1 Å². The summed E-state index contributed by atoms with van der Waals surface area (Å²) in [7, 11) is 0. The summed E-state index contributed by atoms with van der Waals surface area (Å²) in [5, 5.41) is 6.19. The molecule has 5 nitrogen and oxygen atoms in total. The summed E-state index contributed by atoms with van der Waals surface area (Å²) in [6, 6.07) is 15.1. The van der Waals surface area contributed by atoms with Crippen LogP contribution < -0.4 is 10.9 Å². The molecule has 130 valence electrons. The van der Waals surface area contributed by atoms with Gasteiger partial charge in [-0.1, -0.05) is 24.3 Å². The first-order valence-corrected chi connectivity index (χ1v) is 9.16. The van der Waals surface area contributed by atoms with Crippen molar-refractivity contribution in [3.05, 3.63) is 92.7 Å². The van der Waals surface area contributed by atoms with E-state index in [4.69, 9.17) is 0 Å². The number of aromatic nitrogens is 2. The van der Waals surface area contributed by atoms with E-state index in [1.807, 2.05) is 35.8 Å². The van der Waals surface area contributed by atoms with Gasteiger partial charge in [-0.2, -0.15) is 0 Å². The lowest BCUT2D eigenvalue weighted by molar-refractivity contribution is 0.0952. The van der Waals surface area contributed by atoms with Gasteiger partial charge in [-0.3, -0.25) is 9.59 Å². The van der Waals surface area contributed by atoms with Crippen LogP contribution in [0.25, 0.3) is 10.9 Å². The molecule has 0 bridgehead atoms. The molecule has 0 spiro atoms. The van der Waals surface area contributed by atoms with E-state index in [1.165, 1.54) is 23.2 Å². The Morgan fingerprint density at radius 2 is 1.92 bits per heavy atom. The molecule has 1 amide bonds. The zero-order valence-corrected chi connectivity index (χ0v) is 14.7. The molecule has 0 radical (unpaired) electrons. The number of aromatic amines is 2. The fourth-order valence-corrected chi connectivity index (χ4v) is 3.93. The van der Waals surface area contributed by atoms with Crippen LogP contribution in [0.3, 0.4) is 0 Å². The fraction of sp³-hybridized carbons (Fsp3) is 0.100. The molecule has 0 unspecified atom stereocenters. The van der Waals surface area contributed by atoms with Crippen molar-refractivity contribution in [2.24, 2.45) is 0 Å². The number of carbonyl (C=O) groups is 1. The van der Waals surface area contributed by atoms with Crippen LogP contribution in [-0.2, 0) is 0 Å². The Morgan fingerprint density at radius 3 is 2.69 bits per heavy atom. The van der Waals surface area contributed by atoms with Crippen molar-refractivity contribution in [3.8, 4) is 0 Å². The Morgan fingerprint density at radius 1 is 1.04 bits per heavy atom. The van der Waals surface area contributed by atoms with Crippen LogP contribution in [-0.4, -0.2) is 22.4 Å². The number of H-pyrrole nitrogens is 2. The minimum absolute atomic E-state index is 0.0536. The van der Waals surface area contributed by atoms with Gasteiger partial charge in [0.15, 0.2) is 0 Å². The maximum Gasteiger partial charge on any atom is 0.252 e. The number of rotatable bonds is 5. The fourth-order valence-electron chi connectivity index (χ4n) is 3.08. The molecule has 4 rings (SSSR count). The molecular formula is C20H17N3O2S. The SMILES string of the molecule is O=C(NC[C@H](c1cccs1)c1c[nH]c2ccccc12)c1ccc(=O)[nH]c1. The molecule has 3 N–H and O–H groups in total. The number of fused-ring (bicyclic) bond motifs is 1. The smallest absolute Gasteiger partial charge is 0.252 e. The number of pyridine rings is 1. The summed E-state index contributed by atoms with van der Waals surface area (Å²) in [5.74, 6) is -0.152. The van der Waals surface area contributed by atoms with Gasteiger partial charge in [0, 0.05) is 46.7 Å².